The Labute approximate surface area is 173 Å². The Morgan fingerprint density at radius 1 is 0.862 bits per heavy atom. The Balaban J connectivity index is 1.12. The van der Waals surface area contributed by atoms with Crippen LogP contribution in [0.5, 0.6) is 0 Å². The minimum atomic E-state index is -0.615. The molecular formula is C24H36O5. The van der Waals surface area contributed by atoms with Crippen molar-refractivity contribution < 1.29 is 24.5 Å². The molecule has 0 radical (unpaired) electrons. The molecule has 5 nitrogen and oxygen atoms in total. The normalized spacial score (nSPS) is 56.7. The summed E-state index contributed by atoms with van der Waals surface area (Å²) in [6, 6.07) is 0. The molecule has 4 unspecified atom stereocenters. The van der Waals surface area contributed by atoms with Gasteiger partial charge in [-0.25, -0.2) is 4.79 Å². The van der Waals surface area contributed by atoms with E-state index in [9.17, 15) is 15.0 Å². The Morgan fingerprint density at radius 3 is 2.07 bits per heavy atom. The highest BCUT2D eigenvalue weighted by molar-refractivity contribution is 5.71. The molecule has 0 aromatic rings. The van der Waals surface area contributed by atoms with E-state index in [1.54, 1.807) is 0 Å². The van der Waals surface area contributed by atoms with E-state index in [1.165, 1.54) is 6.42 Å². The average Bonchev–Trinajstić information content (AvgIpc) is 2.61. The average molecular weight is 405 g/mol. The lowest BCUT2D eigenvalue weighted by Crippen LogP contribution is -2.64. The smallest absolute Gasteiger partial charge is 0.332 e. The van der Waals surface area contributed by atoms with Crippen LogP contribution in [0.1, 0.15) is 84.0 Å². The van der Waals surface area contributed by atoms with Crippen molar-refractivity contribution in [3.8, 4) is 0 Å². The standard InChI is InChI=1S/C24H36O5/c1-2-24(27)18-4-15-5-19(24)12-22(8-15,11-18)28-13-20(25)29-23-9-16-3-17(10-23)7-21(26,6-16)14-23/h15-19,26-27H,2-14H2,1H3. The third-order valence-corrected chi connectivity index (χ3v) is 9.92. The number of esters is 1. The van der Waals surface area contributed by atoms with Gasteiger partial charge in [0.25, 0.3) is 0 Å². The van der Waals surface area contributed by atoms with Gasteiger partial charge in [-0.3, -0.25) is 0 Å². The van der Waals surface area contributed by atoms with Gasteiger partial charge in [0.2, 0.25) is 0 Å². The molecule has 0 heterocycles. The summed E-state index contributed by atoms with van der Waals surface area (Å²) in [6.07, 6.45) is 11.2. The Kier molecular flexibility index (Phi) is 3.93. The fraction of sp³-hybridized carbons (Fsp3) is 0.958. The van der Waals surface area contributed by atoms with Gasteiger partial charge in [-0.2, -0.15) is 0 Å². The van der Waals surface area contributed by atoms with Gasteiger partial charge in [0.15, 0.2) is 0 Å². The van der Waals surface area contributed by atoms with E-state index in [-0.39, 0.29) is 18.2 Å². The predicted molar refractivity (Wildman–Crippen MR) is 106 cm³/mol. The molecule has 0 aromatic carbocycles. The SMILES string of the molecule is CCC1(O)C2CC3CC1CC(OCC(=O)OC14CC5CC(CC(O)(C5)C1)C4)(C3)C2. The zero-order chi connectivity index (χ0) is 20.1. The first kappa shape index (κ1) is 19.1. The third-order valence-electron chi connectivity index (χ3n) is 9.92. The summed E-state index contributed by atoms with van der Waals surface area (Å²) in [4.78, 5) is 12.8. The van der Waals surface area contributed by atoms with Gasteiger partial charge in [0, 0.05) is 6.42 Å². The lowest BCUT2D eigenvalue weighted by Gasteiger charge is -2.63. The van der Waals surface area contributed by atoms with Gasteiger partial charge in [-0.05, 0) is 100 Å². The first-order chi connectivity index (χ1) is 13.7. The van der Waals surface area contributed by atoms with Crippen LogP contribution < -0.4 is 0 Å². The van der Waals surface area contributed by atoms with Gasteiger partial charge < -0.3 is 19.7 Å². The van der Waals surface area contributed by atoms with Gasteiger partial charge in [-0.15, -0.1) is 0 Å². The maximum Gasteiger partial charge on any atom is 0.332 e. The lowest BCUT2D eigenvalue weighted by molar-refractivity contribution is -0.250. The first-order valence-corrected chi connectivity index (χ1v) is 12.0. The maximum absolute atomic E-state index is 12.8. The largest absolute Gasteiger partial charge is 0.457 e. The van der Waals surface area contributed by atoms with Gasteiger partial charge in [0.1, 0.15) is 12.2 Å². The van der Waals surface area contributed by atoms with Crippen molar-refractivity contribution in [2.45, 2.75) is 106 Å². The zero-order valence-corrected chi connectivity index (χ0v) is 17.7. The minimum absolute atomic E-state index is 0.0201. The van der Waals surface area contributed by atoms with Crippen LogP contribution in [0, 0.1) is 29.6 Å². The molecule has 162 valence electrons. The number of rotatable bonds is 5. The molecular weight excluding hydrogens is 368 g/mol. The van der Waals surface area contributed by atoms with Crippen LogP contribution in [-0.4, -0.2) is 45.2 Å². The van der Waals surface area contributed by atoms with Crippen LogP contribution in [0.2, 0.25) is 0 Å². The quantitative estimate of drug-likeness (QED) is 0.687. The topological polar surface area (TPSA) is 76.0 Å². The van der Waals surface area contributed by atoms with E-state index < -0.39 is 16.8 Å². The molecule has 0 saturated heterocycles. The third kappa shape index (κ3) is 2.86. The summed E-state index contributed by atoms with van der Waals surface area (Å²) in [5, 5.41) is 22.1. The molecule has 8 fully saturated rings. The van der Waals surface area contributed by atoms with E-state index in [2.05, 4.69) is 6.92 Å². The molecule has 8 aliphatic carbocycles. The number of hydrogen-bond donors (Lipinski definition) is 2. The predicted octanol–water partition coefficient (Wildman–Crippen LogP) is 3.35. The van der Waals surface area contributed by atoms with Crippen LogP contribution in [0.4, 0.5) is 0 Å². The monoisotopic (exact) mass is 404 g/mol. The summed E-state index contributed by atoms with van der Waals surface area (Å²) in [5.41, 5.74) is -1.84. The van der Waals surface area contributed by atoms with Gasteiger partial charge in [0.05, 0.1) is 16.8 Å². The molecule has 8 rings (SSSR count). The number of ether oxygens (including phenoxy) is 2. The van der Waals surface area contributed by atoms with Crippen molar-refractivity contribution in [3.05, 3.63) is 0 Å². The van der Waals surface area contributed by atoms with Crippen LogP contribution >= 0.6 is 0 Å². The summed E-state index contributed by atoms with van der Waals surface area (Å²) in [5.74, 6) is 2.01. The van der Waals surface area contributed by atoms with Crippen molar-refractivity contribution in [3.63, 3.8) is 0 Å². The first-order valence-electron chi connectivity index (χ1n) is 12.0. The number of hydrogen-bond acceptors (Lipinski definition) is 5. The van der Waals surface area contributed by atoms with E-state index in [4.69, 9.17) is 9.47 Å². The molecule has 0 spiro atoms. The highest BCUT2D eigenvalue weighted by Crippen LogP contribution is 2.62. The number of carbonyl (C=O) groups is 1. The highest BCUT2D eigenvalue weighted by Gasteiger charge is 2.62. The van der Waals surface area contributed by atoms with Crippen LogP contribution in [-0.2, 0) is 14.3 Å². The van der Waals surface area contributed by atoms with E-state index in [0.29, 0.717) is 36.0 Å². The fourth-order valence-electron chi connectivity index (χ4n) is 9.49. The molecule has 8 bridgehead atoms. The highest BCUT2D eigenvalue weighted by atomic mass is 16.6. The Bertz CT molecular complexity index is 686. The van der Waals surface area contributed by atoms with Crippen molar-refractivity contribution in [1.29, 1.82) is 0 Å². The van der Waals surface area contributed by atoms with E-state index >= 15 is 0 Å². The second-order valence-corrected chi connectivity index (χ2v) is 12.0. The van der Waals surface area contributed by atoms with Crippen LogP contribution in [0.25, 0.3) is 0 Å². The molecule has 8 aliphatic rings. The fourth-order valence-corrected chi connectivity index (χ4v) is 9.49. The zero-order valence-electron chi connectivity index (χ0n) is 17.7. The molecule has 0 aliphatic heterocycles. The van der Waals surface area contributed by atoms with Crippen molar-refractivity contribution in [2.75, 3.05) is 6.61 Å². The van der Waals surface area contributed by atoms with E-state index in [0.717, 1.165) is 64.2 Å². The Hall–Kier alpha value is -0.650. The van der Waals surface area contributed by atoms with Crippen molar-refractivity contribution >= 4 is 5.97 Å². The Morgan fingerprint density at radius 2 is 1.48 bits per heavy atom. The second kappa shape index (κ2) is 5.98. The number of aliphatic hydroxyl groups is 2. The molecule has 4 atom stereocenters. The molecule has 29 heavy (non-hydrogen) atoms. The second-order valence-electron chi connectivity index (χ2n) is 12.0. The summed E-state index contributed by atoms with van der Waals surface area (Å²) < 4.78 is 12.4. The van der Waals surface area contributed by atoms with Crippen LogP contribution in [0.15, 0.2) is 0 Å². The number of carbonyl (C=O) groups excluding carboxylic acids is 1. The van der Waals surface area contributed by atoms with Crippen molar-refractivity contribution in [1.82, 2.24) is 0 Å². The van der Waals surface area contributed by atoms with Gasteiger partial charge >= 0.3 is 5.97 Å². The summed E-state index contributed by atoms with van der Waals surface area (Å²) in [7, 11) is 0. The lowest BCUT2D eigenvalue weighted by atomic mass is 9.47. The van der Waals surface area contributed by atoms with Crippen LogP contribution in [0.3, 0.4) is 0 Å². The maximum atomic E-state index is 12.8. The summed E-state index contributed by atoms with van der Waals surface area (Å²) in [6.45, 7) is 2.12. The molecule has 5 heteroatoms. The van der Waals surface area contributed by atoms with Gasteiger partial charge in [-0.1, -0.05) is 6.92 Å². The van der Waals surface area contributed by atoms with E-state index in [1.807, 2.05) is 0 Å². The molecule has 0 aromatic heterocycles. The summed E-state index contributed by atoms with van der Waals surface area (Å²) >= 11 is 0. The van der Waals surface area contributed by atoms with Crippen molar-refractivity contribution in [2.24, 2.45) is 29.6 Å². The molecule has 8 saturated carbocycles. The molecule has 2 N–H and O–H groups in total. The minimum Gasteiger partial charge on any atom is -0.457 e. The molecule has 0 amide bonds.